The van der Waals surface area contributed by atoms with Crippen molar-refractivity contribution < 1.29 is 37.0 Å². The number of aromatic amines is 1. The van der Waals surface area contributed by atoms with Crippen molar-refractivity contribution >= 4 is 35.1 Å². The molecule has 0 fully saturated rings. The highest BCUT2D eigenvalue weighted by atomic mass is 35.5. The molecular formula is C20H15Cl2F4N3O4. The van der Waals surface area contributed by atoms with Crippen LogP contribution in [0.2, 0.25) is 10.2 Å². The van der Waals surface area contributed by atoms with Crippen LogP contribution in [-0.4, -0.2) is 33.1 Å². The van der Waals surface area contributed by atoms with Gasteiger partial charge in [-0.25, -0.2) is 14.2 Å². The first-order valence-electron chi connectivity index (χ1n) is 8.90. The average molecular weight is 508 g/mol. The predicted molar refractivity (Wildman–Crippen MR) is 111 cm³/mol. The fourth-order valence-corrected chi connectivity index (χ4v) is 2.73. The minimum atomic E-state index is -5.08. The first-order valence-corrected chi connectivity index (χ1v) is 9.66. The molecule has 33 heavy (non-hydrogen) atoms. The third kappa shape index (κ3) is 7.36. The van der Waals surface area contributed by atoms with Gasteiger partial charge < -0.3 is 20.1 Å². The van der Waals surface area contributed by atoms with Gasteiger partial charge in [-0.1, -0.05) is 47.5 Å². The number of aryl methyl sites for hydroxylation is 1. The molecule has 0 atom stereocenters. The largest absolute Gasteiger partial charge is 0.490 e. The van der Waals surface area contributed by atoms with Crippen molar-refractivity contribution in [3.8, 4) is 11.5 Å². The summed E-state index contributed by atoms with van der Waals surface area (Å²) in [7, 11) is 0. The van der Waals surface area contributed by atoms with E-state index in [1.165, 1.54) is 12.1 Å². The summed E-state index contributed by atoms with van der Waals surface area (Å²) in [5.74, 6) is -3.03. The second-order valence-electron chi connectivity index (χ2n) is 6.24. The highest BCUT2D eigenvalue weighted by Gasteiger charge is 2.38. The van der Waals surface area contributed by atoms with Crippen LogP contribution < -0.4 is 10.1 Å². The number of carboxylic acids is 1. The number of alkyl halides is 3. The van der Waals surface area contributed by atoms with Crippen LogP contribution in [-0.2, 0) is 11.3 Å². The number of carbonyl (C=O) groups excluding carboxylic acids is 1. The van der Waals surface area contributed by atoms with E-state index < -0.39 is 23.9 Å². The number of nitrogens with zero attached hydrogens (tertiary/aromatic N) is 1. The molecule has 0 saturated carbocycles. The molecule has 3 rings (SSSR count). The van der Waals surface area contributed by atoms with Gasteiger partial charge in [0.15, 0.2) is 16.7 Å². The van der Waals surface area contributed by atoms with Crippen molar-refractivity contribution in [2.24, 2.45) is 0 Å². The normalized spacial score (nSPS) is 10.8. The summed E-state index contributed by atoms with van der Waals surface area (Å²) in [4.78, 5) is 27.7. The number of H-pyrrole nitrogens is 1. The lowest BCUT2D eigenvalue weighted by molar-refractivity contribution is -0.192. The fraction of sp³-hybridized carbons (Fsp3) is 0.150. The number of halogens is 6. The zero-order valence-corrected chi connectivity index (χ0v) is 18.1. The molecule has 0 aliphatic heterocycles. The number of nitrogens with one attached hydrogen (secondary N) is 2. The molecule has 3 N–H and O–H groups in total. The van der Waals surface area contributed by atoms with Gasteiger partial charge in [-0.2, -0.15) is 13.2 Å². The Kier molecular flexibility index (Phi) is 8.66. The zero-order valence-electron chi connectivity index (χ0n) is 16.6. The van der Waals surface area contributed by atoms with Gasteiger partial charge in [0.05, 0.1) is 5.02 Å². The molecule has 0 aliphatic carbocycles. The van der Waals surface area contributed by atoms with Gasteiger partial charge in [-0.15, -0.1) is 0 Å². The van der Waals surface area contributed by atoms with Gasteiger partial charge >= 0.3 is 12.1 Å². The van der Waals surface area contributed by atoms with Gasteiger partial charge in [0.1, 0.15) is 17.3 Å². The van der Waals surface area contributed by atoms with Crippen molar-refractivity contribution in [3.05, 3.63) is 75.5 Å². The lowest BCUT2D eigenvalue weighted by Crippen LogP contribution is -2.24. The number of hydrogen-bond acceptors (Lipinski definition) is 4. The van der Waals surface area contributed by atoms with Crippen molar-refractivity contribution in [2.45, 2.75) is 19.6 Å². The van der Waals surface area contributed by atoms with Gasteiger partial charge in [0.2, 0.25) is 0 Å². The number of hydrogen-bond donors (Lipinski definition) is 3. The first-order chi connectivity index (χ1) is 15.4. The molecule has 13 heteroatoms. The highest BCUT2D eigenvalue weighted by Crippen LogP contribution is 2.33. The number of carboxylic acid groups (broad SMARTS) is 1. The van der Waals surface area contributed by atoms with Crippen LogP contribution in [0.5, 0.6) is 11.5 Å². The molecule has 7 nitrogen and oxygen atoms in total. The van der Waals surface area contributed by atoms with E-state index in [1.807, 2.05) is 6.07 Å². The summed E-state index contributed by atoms with van der Waals surface area (Å²) in [5, 5.41) is 9.91. The highest BCUT2D eigenvalue weighted by molar-refractivity contribution is 6.32. The van der Waals surface area contributed by atoms with E-state index in [9.17, 15) is 22.4 Å². The molecule has 2 aromatic carbocycles. The van der Waals surface area contributed by atoms with E-state index in [0.717, 1.165) is 0 Å². The maximum absolute atomic E-state index is 14.7. The molecule has 176 valence electrons. The Labute approximate surface area is 194 Å². The Balaban J connectivity index is 0.000000479. The van der Waals surface area contributed by atoms with Gasteiger partial charge in [-0.05, 0) is 25.1 Å². The maximum Gasteiger partial charge on any atom is 0.490 e. The van der Waals surface area contributed by atoms with Crippen LogP contribution >= 0.6 is 23.2 Å². The average Bonchev–Trinajstić information content (AvgIpc) is 3.09. The van der Waals surface area contributed by atoms with Crippen LogP contribution in [0.25, 0.3) is 0 Å². The quantitative estimate of drug-likeness (QED) is 0.394. The van der Waals surface area contributed by atoms with Gasteiger partial charge in [0, 0.05) is 12.1 Å². The third-order valence-electron chi connectivity index (χ3n) is 3.78. The summed E-state index contributed by atoms with van der Waals surface area (Å²) >= 11 is 11.9. The second kappa shape index (κ2) is 11.0. The molecule has 0 unspecified atom stereocenters. The third-order valence-corrected chi connectivity index (χ3v) is 4.35. The summed E-state index contributed by atoms with van der Waals surface area (Å²) in [6.45, 7) is 1.61. The van der Waals surface area contributed by atoms with Crippen molar-refractivity contribution in [2.75, 3.05) is 0 Å². The first kappa shape index (κ1) is 25.9. The smallest absolute Gasteiger partial charge is 0.475 e. The molecule has 1 amide bonds. The Morgan fingerprint density at radius 3 is 2.27 bits per heavy atom. The number of amides is 1. The lowest BCUT2D eigenvalue weighted by atomic mass is 10.2. The van der Waals surface area contributed by atoms with E-state index in [0.29, 0.717) is 11.6 Å². The molecule has 1 aromatic heterocycles. The van der Waals surface area contributed by atoms with Crippen molar-refractivity contribution in [1.82, 2.24) is 15.3 Å². The number of para-hydroxylation sites is 1. The van der Waals surface area contributed by atoms with E-state index in [-0.39, 0.29) is 33.7 Å². The summed E-state index contributed by atoms with van der Waals surface area (Å²) < 4.78 is 52.0. The lowest BCUT2D eigenvalue weighted by Gasteiger charge is -2.12. The number of carbonyl (C=O) groups is 2. The number of rotatable bonds is 5. The number of aliphatic carboxylic acids is 1. The Morgan fingerprint density at radius 2 is 1.76 bits per heavy atom. The predicted octanol–water partition coefficient (Wildman–Crippen LogP) is 5.52. The number of imidazole rings is 1. The zero-order chi connectivity index (χ0) is 24.8. The summed E-state index contributed by atoms with van der Waals surface area (Å²) in [6, 6.07) is 11.7. The fourth-order valence-electron chi connectivity index (χ4n) is 2.29. The minimum absolute atomic E-state index is 0.0599. The molecule has 0 aliphatic rings. The van der Waals surface area contributed by atoms with Crippen molar-refractivity contribution in [1.29, 1.82) is 0 Å². The molecular weight excluding hydrogens is 493 g/mol. The molecule has 1 heterocycles. The van der Waals surface area contributed by atoms with E-state index in [4.69, 9.17) is 37.8 Å². The molecule has 0 radical (unpaired) electrons. The van der Waals surface area contributed by atoms with Crippen LogP contribution in [0, 0.1) is 12.7 Å². The molecule has 3 aromatic rings. The van der Waals surface area contributed by atoms with E-state index >= 15 is 0 Å². The standard InChI is InChI=1S/C18H14Cl2FN3O2.C2HF3O2/c1-10-23-15(17(20)24-10)18(25)22-9-11-7-8-13(19)16(14(11)21)26-12-5-3-2-4-6-12;3-2(4,5)1(6)7/h2-8H,9H2,1H3,(H,22,25)(H,23,24);(H,6,7). The topological polar surface area (TPSA) is 104 Å². The second-order valence-corrected chi connectivity index (χ2v) is 7.00. The molecule has 0 bridgehead atoms. The Morgan fingerprint density at radius 1 is 1.15 bits per heavy atom. The van der Waals surface area contributed by atoms with E-state index in [2.05, 4.69) is 15.3 Å². The minimum Gasteiger partial charge on any atom is -0.475 e. The monoisotopic (exact) mass is 507 g/mol. The molecule has 0 spiro atoms. The Bertz CT molecular complexity index is 1140. The van der Waals surface area contributed by atoms with Crippen LogP contribution in [0.4, 0.5) is 17.6 Å². The van der Waals surface area contributed by atoms with Crippen LogP contribution in [0.3, 0.4) is 0 Å². The van der Waals surface area contributed by atoms with Gasteiger partial charge in [-0.3, -0.25) is 4.79 Å². The van der Waals surface area contributed by atoms with E-state index in [1.54, 1.807) is 31.2 Å². The number of benzene rings is 2. The SMILES string of the molecule is Cc1nc(Cl)c(C(=O)NCc2ccc(Cl)c(Oc3ccccc3)c2F)[nH]1.O=C(O)C(F)(F)F. The number of ether oxygens (including phenoxy) is 1. The van der Waals surface area contributed by atoms with Crippen molar-refractivity contribution in [3.63, 3.8) is 0 Å². The summed E-state index contributed by atoms with van der Waals surface area (Å²) in [5.41, 5.74) is 0.348. The maximum atomic E-state index is 14.7. The van der Waals surface area contributed by atoms with Crippen LogP contribution in [0.1, 0.15) is 21.9 Å². The molecule has 0 saturated heterocycles. The van der Waals surface area contributed by atoms with Crippen LogP contribution in [0.15, 0.2) is 42.5 Å². The summed E-state index contributed by atoms with van der Waals surface area (Å²) in [6.07, 6.45) is -5.08. The Hall–Kier alpha value is -3.31. The number of aromatic nitrogens is 2. The van der Waals surface area contributed by atoms with Gasteiger partial charge in [0.25, 0.3) is 5.91 Å².